The highest BCUT2D eigenvalue weighted by Gasteiger charge is 2.06. The lowest BCUT2D eigenvalue weighted by Crippen LogP contribution is -2.21. The van der Waals surface area contributed by atoms with Crippen LogP contribution < -0.4 is 16.4 Å². The molecule has 8 heteroatoms. The van der Waals surface area contributed by atoms with Crippen LogP contribution in [0.1, 0.15) is 38.2 Å². The van der Waals surface area contributed by atoms with Crippen LogP contribution in [0.3, 0.4) is 0 Å². The molecule has 1 aromatic carbocycles. The Hall–Kier alpha value is -3.29. The van der Waals surface area contributed by atoms with Gasteiger partial charge in [0, 0.05) is 44.4 Å². The van der Waals surface area contributed by atoms with Crippen molar-refractivity contribution in [3.63, 3.8) is 0 Å². The van der Waals surface area contributed by atoms with E-state index in [1.165, 1.54) is 6.92 Å². The van der Waals surface area contributed by atoms with Crippen molar-refractivity contribution >= 4 is 23.5 Å². The molecule has 0 bridgehead atoms. The molecule has 0 aliphatic carbocycles. The van der Waals surface area contributed by atoms with Gasteiger partial charge in [0.15, 0.2) is 0 Å². The number of carbonyl (C=O) groups excluding carboxylic acids is 2. The highest BCUT2D eigenvalue weighted by molar-refractivity contribution is 5.98. The fourth-order valence-corrected chi connectivity index (χ4v) is 2.77. The van der Waals surface area contributed by atoms with Crippen molar-refractivity contribution in [2.45, 2.75) is 39.0 Å². The standard InChI is InChI=1S/C21H28N6O2/c1-15(28)24-9-2-3-10-25-21-26-13-18(14-27-21)17-6-4-5-16(11-17)7-8-19(29)12-20(22)23/h4-6,11,13-14H,2-3,7-10,12H2,1H3,(H3,22,23)(H,24,28)(H,25,26,27). The Morgan fingerprint density at radius 3 is 2.52 bits per heavy atom. The number of amidine groups is 1. The minimum absolute atomic E-state index is 0.00916. The lowest BCUT2D eigenvalue weighted by Gasteiger charge is -2.07. The maximum absolute atomic E-state index is 11.7. The highest BCUT2D eigenvalue weighted by atomic mass is 16.1. The molecule has 154 valence electrons. The third kappa shape index (κ3) is 8.50. The van der Waals surface area contributed by atoms with Crippen LogP contribution in [0.4, 0.5) is 5.95 Å². The number of anilines is 1. The molecule has 0 aliphatic rings. The number of rotatable bonds is 12. The first-order valence-corrected chi connectivity index (χ1v) is 9.68. The molecule has 1 amide bonds. The van der Waals surface area contributed by atoms with Crippen LogP contribution in [0.2, 0.25) is 0 Å². The van der Waals surface area contributed by atoms with Gasteiger partial charge in [-0.3, -0.25) is 15.0 Å². The summed E-state index contributed by atoms with van der Waals surface area (Å²) in [5, 5.41) is 13.1. The second-order valence-corrected chi connectivity index (χ2v) is 6.85. The largest absolute Gasteiger partial charge is 0.387 e. The second-order valence-electron chi connectivity index (χ2n) is 6.85. The summed E-state index contributed by atoms with van der Waals surface area (Å²) in [5.41, 5.74) is 8.20. The number of aryl methyl sites for hydroxylation is 1. The quantitative estimate of drug-likeness (QED) is 0.247. The Morgan fingerprint density at radius 2 is 1.83 bits per heavy atom. The number of nitrogens with two attached hydrogens (primary N) is 1. The third-order valence-electron chi connectivity index (χ3n) is 4.25. The fourth-order valence-electron chi connectivity index (χ4n) is 2.77. The van der Waals surface area contributed by atoms with Crippen LogP contribution in [-0.2, 0) is 16.0 Å². The lowest BCUT2D eigenvalue weighted by atomic mass is 10.0. The Bertz CT molecular complexity index is 835. The molecular formula is C21H28N6O2. The van der Waals surface area contributed by atoms with Crippen LogP contribution >= 0.6 is 0 Å². The summed E-state index contributed by atoms with van der Waals surface area (Å²) in [4.78, 5) is 31.2. The molecule has 0 saturated heterocycles. The molecule has 0 spiro atoms. The number of amides is 1. The summed E-state index contributed by atoms with van der Waals surface area (Å²) in [5.74, 6) is 0.434. The van der Waals surface area contributed by atoms with E-state index in [-0.39, 0.29) is 23.9 Å². The molecule has 2 rings (SSSR count). The molecule has 2 aromatic rings. The minimum atomic E-state index is -0.0951. The zero-order chi connectivity index (χ0) is 21.1. The van der Waals surface area contributed by atoms with Crippen molar-refractivity contribution < 1.29 is 9.59 Å². The zero-order valence-corrected chi connectivity index (χ0v) is 16.7. The highest BCUT2D eigenvalue weighted by Crippen LogP contribution is 2.20. The van der Waals surface area contributed by atoms with Gasteiger partial charge in [-0.2, -0.15) is 0 Å². The molecule has 0 radical (unpaired) electrons. The van der Waals surface area contributed by atoms with E-state index in [4.69, 9.17) is 11.1 Å². The molecule has 1 heterocycles. The number of unbranched alkanes of at least 4 members (excludes halogenated alkanes) is 1. The van der Waals surface area contributed by atoms with E-state index in [0.717, 1.165) is 36.1 Å². The van der Waals surface area contributed by atoms with Gasteiger partial charge >= 0.3 is 0 Å². The van der Waals surface area contributed by atoms with E-state index in [0.29, 0.717) is 25.3 Å². The van der Waals surface area contributed by atoms with Gasteiger partial charge in [-0.15, -0.1) is 0 Å². The molecule has 5 N–H and O–H groups in total. The first kappa shape index (κ1) is 22.0. The number of carbonyl (C=O) groups is 2. The molecule has 1 aromatic heterocycles. The van der Waals surface area contributed by atoms with Crippen LogP contribution in [0.5, 0.6) is 0 Å². The lowest BCUT2D eigenvalue weighted by molar-refractivity contribution is -0.119. The maximum atomic E-state index is 11.7. The summed E-state index contributed by atoms with van der Waals surface area (Å²) < 4.78 is 0. The molecule has 8 nitrogen and oxygen atoms in total. The maximum Gasteiger partial charge on any atom is 0.222 e. The predicted octanol–water partition coefficient (Wildman–Crippen LogP) is 2.30. The Morgan fingerprint density at radius 1 is 1.10 bits per heavy atom. The first-order valence-electron chi connectivity index (χ1n) is 9.68. The fraction of sp³-hybridized carbons (Fsp3) is 0.381. The van der Waals surface area contributed by atoms with Crippen LogP contribution in [0.25, 0.3) is 11.1 Å². The monoisotopic (exact) mass is 396 g/mol. The Labute approximate surface area is 170 Å². The molecule has 0 atom stereocenters. The van der Waals surface area contributed by atoms with Gasteiger partial charge in [0.2, 0.25) is 11.9 Å². The van der Waals surface area contributed by atoms with Crippen molar-refractivity contribution in [1.29, 1.82) is 5.41 Å². The van der Waals surface area contributed by atoms with Gasteiger partial charge in [0.05, 0.1) is 12.3 Å². The van der Waals surface area contributed by atoms with E-state index in [2.05, 4.69) is 20.6 Å². The predicted molar refractivity (Wildman–Crippen MR) is 114 cm³/mol. The van der Waals surface area contributed by atoms with Gasteiger partial charge in [-0.25, -0.2) is 9.97 Å². The van der Waals surface area contributed by atoms with E-state index < -0.39 is 0 Å². The molecule has 0 fully saturated rings. The number of benzene rings is 1. The average molecular weight is 396 g/mol. The van der Waals surface area contributed by atoms with Crippen molar-refractivity contribution in [2.75, 3.05) is 18.4 Å². The molecule has 0 saturated carbocycles. The van der Waals surface area contributed by atoms with Gasteiger partial charge < -0.3 is 16.4 Å². The minimum Gasteiger partial charge on any atom is -0.387 e. The average Bonchev–Trinajstić information content (AvgIpc) is 2.69. The summed E-state index contributed by atoms with van der Waals surface area (Å²) in [6, 6.07) is 7.92. The number of hydrogen-bond donors (Lipinski definition) is 4. The number of aromatic nitrogens is 2. The summed E-state index contributed by atoms with van der Waals surface area (Å²) in [6.45, 7) is 2.92. The van der Waals surface area contributed by atoms with E-state index in [1.807, 2.05) is 24.3 Å². The third-order valence-corrected chi connectivity index (χ3v) is 4.25. The molecule has 29 heavy (non-hydrogen) atoms. The van der Waals surface area contributed by atoms with Crippen LogP contribution in [-0.4, -0.2) is 40.6 Å². The van der Waals surface area contributed by atoms with Crippen molar-refractivity contribution in [2.24, 2.45) is 5.73 Å². The Kier molecular flexibility index (Phi) is 8.75. The number of nitrogens with one attached hydrogen (secondary N) is 3. The van der Waals surface area contributed by atoms with Crippen LogP contribution in [0, 0.1) is 5.41 Å². The van der Waals surface area contributed by atoms with E-state index in [9.17, 15) is 9.59 Å². The zero-order valence-electron chi connectivity index (χ0n) is 16.7. The van der Waals surface area contributed by atoms with E-state index >= 15 is 0 Å². The molecule has 0 aliphatic heterocycles. The van der Waals surface area contributed by atoms with Gasteiger partial charge in [0.1, 0.15) is 5.78 Å². The number of nitrogens with zero attached hydrogens (tertiary/aromatic N) is 2. The second kappa shape index (κ2) is 11.5. The van der Waals surface area contributed by atoms with Crippen LogP contribution in [0.15, 0.2) is 36.7 Å². The SMILES string of the molecule is CC(=O)NCCCCNc1ncc(-c2cccc(CCC(=O)CC(=N)N)c2)cn1. The summed E-state index contributed by atoms with van der Waals surface area (Å²) in [6.07, 6.45) is 6.33. The van der Waals surface area contributed by atoms with Gasteiger partial charge in [0.25, 0.3) is 0 Å². The first-order chi connectivity index (χ1) is 13.9. The Balaban J connectivity index is 1.83. The van der Waals surface area contributed by atoms with Crippen molar-refractivity contribution in [1.82, 2.24) is 15.3 Å². The summed E-state index contributed by atoms with van der Waals surface area (Å²) in [7, 11) is 0. The number of Topliss-reactive ketones (excluding diaryl/α,β-unsaturated/α-hetero) is 1. The number of hydrogen-bond acceptors (Lipinski definition) is 6. The number of ketones is 1. The normalized spacial score (nSPS) is 10.4. The van der Waals surface area contributed by atoms with E-state index in [1.54, 1.807) is 12.4 Å². The molecule has 0 unspecified atom stereocenters. The van der Waals surface area contributed by atoms with Crippen molar-refractivity contribution in [3.05, 3.63) is 42.2 Å². The van der Waals surface area contributed by atoms with Gasteiger partial charge in [-0.1, -0.05) is 24.3 Å². The smallest absolute Gasteiger partial charge is 0.222 e. The summed E-state index contributed by atoms with van der Waals surface area (Å²) >= 11 is 0. The topological polar surface area (TPSA) is 134 Å². The molecular weight excluding hydrogens is 368 g/mol. The van der Waals surface area contributed by atoms with Crippen molar-refractivity contribution in [3.8, 4) is 11.1 Å². The van der Waals surface area contributed by atoms with Gasteiger partial charge in [-0.05, 0) is 30.4 Å².